The zero-order chi connectivity index (χ0) is 48.8. The Hall–Kier alpha value is -7.20. The zero-order valence-electron chi connectivity index (χ0n) is 40.2. The number of ether oxygens (including phenoxy) is 1. The highest BCUT2D eigenvalue weighted by Gasteiger charge is 2.44. The van der Waals surface area contributed by atoms with Crippen molar-refractivity contribution >= 4 is 31.3 Å². The van der Waals surface area contributed by atoms with Crippen LogP contribution in [-0.4, -0.2) is 30.2 Å². The van der Waals surface area contributed by atoms with E-state index in [-0.39, 0.29) is 0 Å². The monoisotopic (exact) mass is 942 g/mol. The summed E-state index contributed by atoms with van der Waals surface area (Å²) < 4.78 is 21.1. The van der Waals surface area contributed by atoms with Gasteiger partial charge in [-0.15, -0.1) is 0 Å². The maximum absolute atomic E-state index is 14.9. The molecular weight excluding hydrogens is 880 g/mol. The standard InChI is InChI=1S/C24H31O2P.C14H12O.2C13H10O/c25-27(21-14-6-2-7-15-21,22-16-8-3-9-17-22)24-19-11-10-18-23(24)26-20-12-4-1-5-13-20;1-11-7-8-13(10-15)14(9-11)12-5-3-2-4-6-12;14-10-11-5-4-8-13(9-11)12-6-2-1-3-7-12;14-10-11-6-8-13(9-7-11)12-4-2-1-3-5-12/h1,4-5,10-13,18-19,21-22H,2-3,6-9,14-17H2;2-10H,1H3;2*1-10H. The van der Waals surface area contributed by atoms with E-state index in [0.29, 0.717) is 22.4 Å². The number of benzene rings is 8. The van der Waals surface area contributed by atoms with E-state index in [9.17, 15) is 18.9 Å². The highest BCUT2D eigenvalue weighted by atomic mass is 31.2. The number of aryl methyl sites for hydroxylation is 1. The van der Waals surface area contributed by atoms with Crippen molar-refractivity contribution in [1.82, 2.24) is 0 Å². The summed E-state index contributed by atoms with van der Waals surface area (Å²) >= 11 is 0. The van der Waals surface area contributed by atoms with E-state index in [4.69, 9.17) is 4.74 Å². The highest BCUT2D eigenvalue weighted by Crippen LogP contribution is 2.63. The van der Waals surface area contributed by atoms with Gasteiger partial charge in [0.15, 0.2) is 6.29 Å². The van der Waals surface area contributed by atoms with Crippen molar-refractivity contribution in [2.45, 2.75) is 82.4 Å². The Labute approximate surface area is 415 Å². The third kappa shape index (κ3) is 14.0. The maximum Gasteiger partial charge on any atom is 0.150 e. The average Bonchev–Trinajstić information content (AvgIpc) is 3.45. The molecular formula is C64H63O5P. The van der Waals surface area contributed by atoms with Crippen molar-refractivity contribution in [3.05, 3.63) is 235 Å². The lowest BCUT2D eigenvalue weighted by atomic mass is 9.98. The molecule has 0 aliphatic heterocycles. The Kier molecular flexibility index (Phi) is 19.2. The first kappa shape index (κ1) is 50.7. The summed E-state index contributed by atoms with van der Waals surface area (Å²) in [4.78, 5) is 32.0. The van der Waals surface area contributed by atoms with Crippen LogP contribution in [0.3, 0.4) is 0 Å². The second-order valence-corrected chi connectivity index (χ2v) is 21.3. The molecule has 0 atom stereocenters. The SMILES string of the molecule is Cc1ccc(C=O)c(-c2ccccc2)c1.O=Cc1ccc(-c2ccccc2)cc1.O=Cc1cccc(-c2ccccc2)c1.O=P(c1ccccc1Oc1ccccc1)(C1CCCCC1)C1CCCCC1. The van der Waals surface area contributed by atoms with E-state index in [1.807, 2.05) is 195 Å². The van der Waals surface area contributed by atoms with Crippen LogP contribution >= 0.6 is 7.14 Å². The second kappa shape index (κ2) is 26.5. The van der Waals surface area contributed by atoms with Crippen LogP contribution in [0.5, 0.6) is 11.5 Å². The molecule has 0 spiro atoms. The normalized spacial score (nSPS) is 13.6. The Bertz CT molecular complexity index is 2870. The molecule has 5 nitrogen and oxygen atoms in total. The molecule has 354 valence electrons. The van der Waals surface area contributed by atoms with Crippen molar-refractivity contribution in [1.29, 1.82) is 0 Å². The van der Waals surface area contributed by atoms with Gasteiger partial charge in [-0.1, -0.05) is 226 Å². The Morgan fingerprint density at radius 2 is 0.886 bits per heavy atom. The predicted octanol–water partition coefficient (Wildman–Crippen LogP) is 16.9. The van der Waals surface area contributed by atoms with E-state index in [2.05, 4.69) is 18.2 Å². The highest BCUT2D eigenvalue weighted by molar-refractivity contribution is 7.73. The second-order valence-electron chi connectivity index (χ2n) is 18.0. The fourth-order valence-corrected chi connectivity index (χ4v) is 13.9. The van der Waals surface area contributed by atoms with Crippen LogP contribution < -0.4 is 10.0 Å². The number of carbonyl (C=O) groups excluding carboxylic acids is 3. The van der Waals surface area contributed by atoms with E-state index < -0.39 is 7.14 Å². The minimum atomic E-state index is -2.52. The Morgan fingerprint density at radius 1 is 0.414 bits per heavy atom. The lowest BCUT2D eigenvalue weighted by Gasteiger charge is -2.39. The largest absolute Gasteiger partial charge is 0.457 e. The summed E-state index contributed by atoms with van der Waals surface area (Å²) in [5.74, 6) is 1.63. The number of rotatable bonds is 11. The van der Waals surface area contributed by atoms with Gasteiger partial charge in [0.1, 0.15) is 31.2 Å². The van der Waals surface area contributed by atoms with E-state index in [0.717, 1.165) is 94.7 Å². The van der Waals surface area contributed by atoms with Crippen molar-refractivity contribution in [2.24, 2.45) is 0 Å². The summed E-state index contributed by atoms with van der Waals surface area (Å²) in [6.45, 7) is 2.03. The lowest BCUT2D eigenvalue weighted by Crippen LogP contribution is -2.30. The van der Waals surface area contributed by atoms with Crippen LogP contribution in [0.1, 0.15) is 101 Å². The summed E-state index contributed by atoms with van der Waals surface area (Å²) in [6.07, 6.45) is 14.6. The Morgan fingerprint density at radius 3 is 1.43 bits per heavy atom. The van der Waals surface area contributed by atoms with Gasteiger partial charge >= 0.3 is 0 Å². The van der Waals surface area contributed by atoms with Gasteiger partial charge in [0.25, 0.3) is 0 Å². The van der Waals surface area contributed by atoms with Gasteiger partial charge in [-0.2, -0.15) is 0 Å². The van der Waals surface area contributed by atoms with Crippen molar-refractivity contribution < 1.29 is 23.7 Å². The molecule has 2 aliphatic rings. The molecule has 0 unspecified atom stereocenters. The third-order valence-corrected chi connectivity index (χ3v) is 17.5. The van der Waals surface area contributed by atoms with Crippen molar-refractivity contribution in [2.75, 3.05) is 0 Å². The van der Waals surface area contributed by atoms with Gasteiger partial charge in [-0.3, -0.25) is 14.4 Å². The first-order chi connectivity index (χ1) is 34.4. The number of aldehydes is 3. The molecule has 10 rings (SSSR count). The smallest absolute Gasteiger partial charge is 0.150 e. The first-order valence-corrected chi connectivity index (χ1v) is 26.5. The molecule has 2 fully saturated rings. The molecule has 8 aromatic rings. The molecule has 0 radical (unpaired) electrons. The third-order valence-electron chi connectivity index (χ3n) is 13.2. The molecule has 0 aromatic heterocycles. The summed E-state index contributed by atoms with van der Waals surface area (Å²) in [7, 11) is -2.52. The number of carbonyl (C=O) groups is 3. The molecule has 2 saturated carbocycles. The summed E-state index contributed by atoms with van der Waals surface area (Å²) in [5.41, 5.74) is 10.6. The van der Waals surface area contributed by atoms with E-state index in [1.54, 1.807) is 6.07 Å². The average molecular weight is 943 g/mol. The minimum Gasteiger partial charge on any atom is -0.457 e. The van der Waals surface area contributed by atoms with Gasteiger partial charge in [-0.25, -0.2) is 0 Å². The maximum atomic E-state index is 14.9. The van der Waals surface area contributed by atoms with Crippen LogP contribution in [-0.2, 0) is 4.57 Å². The Balaban J connectivity index is 0.000000145. The fourth-order valence-electron chi connectivity index (χ4n) is 9.52. The van der Waals surface area contributed by atoms with E-state index >= 15 is 0 Å². The van der Waals surface area contributed by atoms with Crippen molar-refractivity contribution in [3.8, 4) is 44.9 Å². The van der Waals surface area contributed by atoms with Gasteiger partial charge in [0, 0.05) is 28.0 Å². The zero-order valence-corrected chi connectivity index (χ0v) is 41.0. The van der Waals surface area contributed by atoms with Gasteiger partial charge in [0.05, 0.1) is 5.30 Å². The molecule has 2 aliphatic carbocycles. The molecule has 6 heteroatoms. The number of para-hydroxylation sites is 2. The van der Waals surface area contributed by atoms with Crippen LogP contribution in [0.25, 0.3) is 33.4 Å². The van der Waals surface area contributed by atoms with E-state index in [1.165, 1.54) is 49.7 Å². The topological polar surface area (TPSA) is 77.5 Å². The fraction of sp³-hybridized carbons (Fsp3) is 0.203. The molecule has 8 aromatic carbocycles. The molecule has 0 saturated heterocycles. The van der Waals surface area contributed by atoms with Crippen LogP contribution in [0.4, 0.5) is 0 Å². The van der Waals surface area contributed by atoms with Crippen LogP contribution in [0, 0.1) is 6.92 Å². The summed E-state index contributed by atoms with van der Waals surface area (Å²) in [6, 6.07) is 69.2. The summed E-state index contributed by atoms with van der Waals surface area (Å²) in [5, 5.41) is 1.01. The van der Waals surface area contributed by atoms with Gasteiger partial charge < -0.3 is 9.30 Å². The molecule has 0 N–H and O–H groups in total. The predicted molar refractivity (Wildman–Crippen MR) is 290 cm³/mol. The molecule has 70 heavy (non-hydrogen) atoms. The lowest BCUT2D eigenvalue weighted by molar-refractivity contribution is 0.111. The van der Waals surface area contributed by atoms with Gasteiger partial charge in [-0.05, 0) is 96.3 Å². The minimum absolute atomic E-state index is 0.342. The molecule has 0 bridgehead atoms. The van der Waals surface area contributed by atoms with Crippen LogP contribution in [0.15, 0.2) is 212 Å². The van der Waals surface area contributed by atoms with Crippen LogP contribution in [0.2, 0.25) is 0 Å². The van der Waals surface area contributed by atoms with Crippen molar-refractivity contribution in [3.63, 3.8) is 0 Å². The molecule has 0 amide bonds. The quantitative estimate of drug-likeness (QED) is 0.0954. The van der Waals surface area contributed by atoms with Gasteiger partial charge in [0.2, 0.25) is 0 Å². The number of hydrogen-bond donors (Lipinski definition) is 0. The molecule has 0 heterocycles. The number of hydrogen-bond acceptors (Lipinski definition) is 5. The first-order valence-electron chi connectivity index (χ1n) is 24.6.